The second-order valence-electron chi connectivity index (χ2n) is 21.3. The van der Waals surface area contributed by atoms with Crippen LogP contribution in [0.3, 0.4) is 0 Å². The molecule has 0 aromatic heterocycles. The average molecular weight is 1250 g/mol. The van der Waals surface area contributed by atoms with Gasteiger partial charge in [-0.2, -0.15) is 0 Å². The number of carbonyl (C=O) groups is 3. The number of piperidine rings is 3. The van der Waals surface area contributed by atoms with Gasteiger partial charge in [0.2, 0.25) is 30.1 Å². The van der Waals surface area contributed by atoms with Crippen LogP contribution in [-0.2, 0) is 30.1 Å². The highest BCUT2D eigenvalue weighted by Crippen LogP contribution is 2.29. The number of nitrogens with zero attached hydrogens (tertiary/aromatic N) is 6. The molecule has 3 N–H and O–H groups in total. The molecular weight excluding hydrogens is 1180 g/mol. The van der Waals surface area contributed by atoms with E-state index in [1.807, 2.05) is 18.2 Å². The van der Waals surface area contributed by atoms with Crippen LogP contribution in [0.25, 0.3) is 33.4 Å². The number of urea groups is 3. The average Bonchev–Trinajstić information content (AvgIpc) is 2.77. The zero-order chi connectivity index (χ0) is 62.7. The van der Waals surface area contributed by atoms with Crippen molar-refractivity contribution >= 4 is 65.2 Å². The predicted octanol–water partition coefficient (Wildman–Crippen LogP) is 10.4. The summed E-state index contributed by atoms with van der Waals surface area (Å²) in [5, 5.41) is 8.29. The van der Waals surface area contributed by atoms with Gasteiger partial charge in [0.1, 0.15) is 29.1 Å². The molecule has 3 fully saturated rings. The van der Waals surface area contributed by atoms with E-state index in [1.54, 1.807) is 85.5 Å². The van der Waals surface area contributed by atoms with Crippen LogP contribution >= 0.6 is 0 Å². The van der Waals surface area contributed by atoms with E-state index in [0.29, 0.717) is 106 Å². The second kappa shape index (κ2) is 28.8. The fourth-order valence-corrected chi connectivity index (χ4v) is 12.8. The molecule has 3 saturated heterocycles. The van der Waals surface area contributed by atoms with E-state index in [4.69, 9.17) is 0 Å². The first kappa shape index (κ1) is 66.0. The molecule has 3 aliphatic heterocycles. The van der Waals surface area contributed by atoms with E-state index in [9.17, 15) is 61.6 Å². The Kier molecular flexibility index (Phi) is 22.1. The van der Waals surface area contributed by atoms with Crippen LogP contribution in [0.4, 0.5) is 53.4 Å². The van der Waals surface area contributed by atoms with Crippen LogP contribution in [0.5, 0.6) is 0 Å². The van der Waals surface area contributed by atoms with Crippen LogP contribution in [0.2, 0.25) is 0 Å². The van der Waals surface area contributed by atoms with Crippen LogP contribution in [0.1, 0.15) is 38.5 Å². The highest BCUT2D eigenvalue weighted by Gasteiger charge is 2.32. The maximum Gasteiger partial charge on any atom is 0.321 e. The zero-order valence-corrected chi connectivity index (χ0v) is 50.8. The van der Waals surface area contributed by atoms with Gasteiger partial charge in [0.05, 0.1) is 18.8 Å². The van der Waals surface area contributed by atoms with Gasteiger partial charge in [-0.25, -0.2) is 74.5 Å². The van der Waals surface area contributed by atoms with Gasteiger partial charge in [-0.3, -0.25) is 0 Å². The smallest absolute Gasteiger partial charge is 0.321 e. The first-order chi connectivity index (χ1) is 40.5. The van der Waals surface area contributed by atoms with Crippen molar-refractivity contribution in [2.24, 2.45) is 0 Å². The molecule has 3 aliphatic rings. The summed E-state index contributed by atoms with van der Waals surface area (Å²) in [5.74, 6) is -2.62. The third-order valence-electron chi connectivity index (χ3n) is 15.3. The number of amides is 6. The monoisotopic (exact) mass is 1250 g/mol. The number of hydrogen-bond acceptors (Lipinski definition) is 9. The molecule has 0 unspecified atom stereocenters. The van der Waals surface area contributed by atoms with Gasteiger partial charge in [-0.05, 0) is 145 Å². The molecule has 0 radical (unpaired) electrons. The standard InChI is InChI=1S/2C20H23F2N3O3S.C20H24FN3O3S/c1-24(19-7-9-25(10-8-19)29(2,27)28)20(26)23-18-5-3-14(4-6-18)15-11-16(21)13-17(22)12-15;1-24(17-8-10-25(11-9-17)29(2,27)28)20(26)23-16-6-7-18(19(22)13-16)14-4-3-5-15(21)12-14;1-23(19-10-12-24(13-11-19)28(2,26)27)20(25)22-18-8-6-15(7-9-18)16-4-3-5-17(21)14-16/h3-6,11-13,19H,7-10H2,1-2H3,(H,23,26);3-7,12-13,17H,8-11H2,1-2H3,(H,23,26);3-9,14,19H,10-13H2,1-2H3,(H,22,25). The van der Waals surface area contributed by atoms with E-state index in [2.05, 4.69) is 16.0 Å². The lowest BCUT2D eigenvalue weighted by molar-refractivity contribution is 0.173. The maximum atomic E-state index is 14.5. The summed E-state index contributed by atoms with van der Waals surface area (Å²) in [7, 11) is -4.59. The molecule has 26 heteroatoms. The minimum absolute atomic E-state index is 0.00966. The predicted molar refractivity (Wildman–Crippen MR) is 324 cm³/mol. The number of benzene rings is 6. The summed E-state index contributed by atoms with van der Waals surface area (Å²) >= 11 is 0. The van der Waals surface area contributed by atoms with Crippen LogP contribution in [-0.4, -0.2) is 168 Å². The molecule has 0 bridgehead atoms. The van der Waals surface area contributed by atoms with E-state index >= 15 is 0 Å². The molecule has 0 aliphatic carbocycles. The van der Waals surface area contributed by atoms with Gasteiger partial charge < -0.3 is 30.7 Å². The summed E-state index contributed by atoms with van der Waals surface area (Å²) in [6, 6.07) is 32.3. The van der Waals surface area contributed by atoms with E-state index in [1.165, 1.54) is 91.2 Å². The van der Waals surface area contributed by atoms with Gasteiger partial charge in [0.15, 0.2) is 0 Å². The highest BCUT2D eigenvalue weighted by atomic mass is 32.2. The molecule has 0 saturated carbocycles. The van der Waals surface area contributed by atoms with Crippen LogP contribution in [0.15, 0.2) is 133 Å². The van der Waals surface area contributed by atoms with E-state index in [-0.39, 0.29) is 47.3 Å². The number of rotatable bonds is 12. The summed E-state index contributed by atoms with van der Waals surface area (Å²) < 4.78 is 142. The summed E-state index contributed by atoms with van der Waals surface area (Å²) in [6.07, 6.45) is 6.98. The number of nitrogens with one attached hydrogen (secondary N) is 3. The summed E-state index contributed by atoms with van der Waals surface area (Å²) in [4.78, 5) is 42.3. The minimum atomic E-state index is -3.23. The number of hydrogen-bond donors (Lipinski definition) is 3. The Balaban J connectivity index is 0.000000185. The lowest BCUT2D eigenvalue weighted by Crippen LogP contribution is -2.48. The van der Waals surface area contributed by atoms with E-state index in [0.717, 1.165) is 17.2 Å². The van der Waals surface area contributed by atoms with Gasteiger partial charge in [-0.1, -0.05) is 48.5 Å². The highest BCUT2D eigenvalue weighted by molar-refractivity contribution is 7.88. The second-order valence-corrected chi connectivity index (χ2v) is 27.3. The molecule has 9 rings (SSSR count). The third kappa shape index (κ3) is 18.5. The Morgan fingerprint density at radius 3 is 1.05 bits per heavy atom. The lowest BCUT2D eigenvalue weighted by atomic mass is 10.0. The SMILES string of the molecule is CN(C(=O)Nc1ccc(-c2cc(F)cc(F)c2)cc1)C1CCN(S(C)(=O)=O)CC1.CN(C(=O)Nc1ccc(-c2cccc(F)c2)c(F)c1)C1CCN(S(C)(=O)=O)CC1.CN(C(=O)Nc1ccc(-c2cccc(F)c2)cc1)C1CCN(S(C)(=O)=O)CC1. The minimum Gasteiger partial charge on any atom is -0.325 e. The molecule has 6 amide bonds. The molecule has 6 aromatic rings. The number of halogens is 5. The van der Waals surface area contributed by atoms with Gasteiger partial charge >= 0.3 is 18.1 Å². The van der Waals surface area contributed by atoms with Gasteiger partial charge in [-0.15, -0.1) is 0 Å². The Labute approximate surface area is 499 Å². The fourth-order valence-electron chi connectivity index (χ4n) is 10.2. The Bertz CT molecular complexity index is 3680. The molecule has 6 aromatic carbocycles. The van der Waals surface area contributed by atoms with Crippen molar-refractivity contribution in [3.05, 3.63) is 163 Å². The normalized spacial score (nSPS) is 15.9. The maximum absolute atomic E-state index is 14.5. The topological polar surface area (TPSA) is 209 Å². The van der Waals surface area contributed by atoms with Crippen molar-refractivity contribution in [2.45, 2.75) is 56.7 Å². The lowest BCUT2D eigenvalue weighted by Gasteiger charge is -2.35. The first-order valence-electron chi connectivity index (χ1n) is 27.5. The third-order valence-corrected chi connectivity index (χ3v) is 19.2. The van der Waals surface area contributed by atoms with Crippen LogP contribution in [0, 0.1) is 29.1 Å². The summed E-state index contributed by atoms with van der Waals surface area (Å²) in [6.45, 7) is 2.34. The van der Waals surface area contributed by atoms with Crippen LogP contribution < -0.4 is 16.0 Å². The van der Waals surface area contributed by atoms with Gasteiger partial charge in [0, 0.05) is 107 Å². The molecule has 0 atom stereocenters. The van der Waals surface area contributed by atoms with Crippen molar-refractivity contribution < 1.29 is 61.6 Å². The Morgan fingerprint density at radius 1 is 0.384 bits per heavy atom. The van der Waals surface area contributed by atoms with Crippen molar-refractivity contribution in [1.82, 2.24) is 27.6 Å². The molecular formula is C60H70F5N9O9S3. The molecule has 3 heterocycles. The van der Waals surface area contributed by atoms with Crippen molar-refractivity contribution in [3.8, 4) is 33.4 Å². The number of carbonyl (C=O) groups excluding carboxylic acids is 3. The molecule has 462 valence electrons. The molecule has 18 nitrogen and oxygen atoms in total. The Morgan fingerprint density at radius 2 is 0.698 bits per heavy atom. The van der Waals surface area contributed by atoms with Crippen molar-refractivity contribution in [2.75, 3.05) is 95.1 Å². The Hall–Kier alpha value is -7.49. The molecule has 0 spiro atoms. The number of anilines is 3. The number of sulfonamides is 3. The van der Waals surface area contributed by atoms with Crippen molar-refractivity contribution in [3.63, 3.8) is 0 Å². The largest absolute Gasteiger partial charge is 0.325 e. The summed E-state index contributed by atoms with van der Waals surface area (Å²) in [5.41, 5.74) is 4.80. The fraction of sp³-hybridized carbons (Fsp3) is 0.350. The first-order valence-corrected chi connectivity index (χ1v) is 33.0. The van der Waals surface area contributed by atoms with Crippen molar-refractivity contribution in [1.29, 1.82) is 0 Å². The molecule has 86 heavy (non-hydrogen) atoms. The zero-order valence-electron chi connectivity index (χ0n) is 48.4. The van der Waals surface area contributed by atoms with E-state index < -0.39 is 59.4 Å². The van der Waals surface area contributed by atoms with Gasteiger partial charge in [0.25, 0.3) is 0 Å². The quantitative estimate of drug-likeness (QED) is 0.0994.